The van der Waals surface area contributed by atoms with E-state index in [1.165, 1.54) is 77.7 Å². The Labute approximate surface area is 200 Å². The van der Waals surface area contributed by atoms with Crippen LogP contribution in [-0.2, 0) is 15.3 Å². The number of hydrogen-bond acceptors (Lipinski definition) is 7. The number of esters is 2. The molecule has 33 heavy (non-hydrogen) atoms. The SMILES string of the molecule is CCCCCCCCCCCCSCc1cc(=O)oc2c(OC(C)=O)c(OC(C)=O)ccc12. The Bertz CT molecular complexity index is 965. The number of unbranched alkanes of at least 4 members (excludes halogenated alkanes) is 9. The van der Waals surface area contributed by atoms with E-state index >= 15 is 0 Å². The predicted molar refractivity (Wildman–Crippen MR) is 133 cm³/mol. The van der Waals surface area contributed by atoms with E-state index in [4.69, 9.17) is 13.9 Å². The molecule has 0 aliphatic carbocycles. The van der Waals surface area contributed by atoms with Gasteiger partial charge < -0.3 is 13.9 Å². The first-order chi connectivity index (χ1) is 15.9. The molecule has 0 amide bonds. The molecule has 2 aromatic rings. The molecule has 1 aromatic carbocycles. The van der Waals surface area contributed by atoms with Crippen molar-refractivity contribution in [2.45, 2.75) is 90.7 Å². The normalized spacial score (nSPS) is 11.0. The Morgan fingerprint density at radius 2 is 1.48 bits per heavy atom. The molecule has 1 heterocycles. The van der Waals surface area contributed by atoms with Crippen LogP contribution in [0.25, 0.3) is 11.0 Å². The summed E-state index contributed by atoms with van der Waals surface area (Å²) in [5, 5.41) is 0.664. The highest BCUT2D eigenvalue weighted by Gasteiger charge is 2.19. The largest absolute Gasteiger partial charge is 0.423 e. The molecule has 0 aliphatic heterocycles. The number of hydrogen-bond donors (Lipinski definition) is 0. The van der Waals surface area contributed by atoms with Gasteiger partial charge in [-0.15, -0.1) is 0 Å². The lowest BCUT2D eigenvalue weighted by Gasteiger charge is -2.12. The second-order valence-corrected chi connectivity index (χ2v) is 9.39. The van der Waals surface area contributed by atoms with E-state index in [0.717, 1.165) is 17.7 Å². The van der Waals surface area contributed by atoms with Gasteiger partial charge >= 0.3 is 17.6 Å². The molecule has 0 fully saturated rings. The Morgan fingerprint density at radius 1 is 0.879 bits per heavy atom. The second-order valence-electron chi connectivity index (χ2n) is 8.28. The average Bonchev–Trinajstić information content (AvgIpc) is 2.75. The molecule has 0 N–H and O–H groups in total. The van der Waals surface area contributed by atoms with Crippen LogP contribution in [0.2, 0.25) is 0 Å². The van der Waals surface area contributed by atoms with E-state index in [-0.39, 0.29) is 17.1 Å². The Kier molecular flexibility index (Phi) is 12.1. The standard InChI is InChI=1S/C26H36O6S/c1-4-5-6-7-8-9-10-11-12-13-16-33-18-21-17-24(29)32-25-22(21)14-15-23(30-19(2)27)26(25)31-20(3)28/h14-15,17H,4-13,16,18H2,1-3H3. The minimum Gasteiger partial charge on any atom is -0.423 e. The summed E-state index contributed by atoms with van der Waals surface area (Å²) in [6.45, 7) is 4.73. The van der Waals surface area contributed by atoms with Crippen LogP contribution in [0.5, 0.6) is 11.5 Å². The first kappa shape index (κ1) is 27.0. The average molecular weight is 477 g/mol. The third-order valence-corrected chi connectivity index (χ3v) is 6.41. The lowest BCUT2D eigenvalue weighted by Crippen LogP contribution is -2.09. The molecular weight excluding hydrogens is 440 g/mol. The van der Waals surface area contributed by atoms with Crippen molar-refractivity contribution in [3.05, 3.63) is 34.2 Å². The molecule has 1 aromatic heterocycles. The van der Waals surface area contributed by atoms with Crippen LogP contribution in [0.1, 0.15) is 90.5 Å². The molecular formula is C26H36O6S. The maximum atomic E-state index is 12.2. The van der Waals surface area contributed by atoms with Gasteiger partial charge in [0.1, 0.15) is 0 Å². The van der Waals surface area contributed by atoms with Crippen LogP contribution < -0.4 is 15.1 Å². The summed E-state index contributed by atoms with van der Waals surface area (Å²) in [6, 6.07) is 4.75. The van der Waals surface area contributed by atoms with Crippen LogP contribution >= 0.6 is 11.8 Å². The van der Waals surface area contributed by atoms with E-state index in [0.29, 0.717) is 11.1 Å². The number of carbonyl (C=O) groups excluding carboxylic acids is 2. The maximum Gasteiger partial charge on any atom is 0.336 e. The Balaban J connectivity index is 1.91. The fourth-order valence-corrected chi connectivity index (χ4v) is 4.73. The molecule has 6 nitrogen and oxygen atoms in total. The quantitative estimate of drug-likeness (QED) is 0.121. The van der Waals surface area contributed by atoms with E-state index in [1.54, 1.807) is 23.9 Å². The van der Waals surface area contributed by atoms with Gasteiger partial charge in [-0.05, 0) is 29.9 Å². The molecule has 0 aliphatic rings. The summed E-state index contributed by atoms with van der Waals surface area (Å²) in [7, 11) is 0. The van der Waals surface area contributed by atoms with Crippen LogP contribution in [0, 0.1) is 0 Å². The third kappa shape index (κ3) is 9.62. The number of carbonyl (C=O) groups is 2. The van der Waals surface area contributed by atoms with Gasteiger partial charge in [0.05, 0.1) is 0 Å². The molecule has 0 radical (unpaired) electrons. The zero-order valence-electron chi connectivity index (χ0n) is 20.1. The molecule has 182 valence electrons. The van der Waals surface area contributed by atoms with Gasteiger partial charge in [-0.1, -0.05) is 64.7 Å². The van der Waals surface area contributed by atoms with Gasteiger partial charge in [-0.3, -0.25) is 9.59 Å². The molecule has 0 atom stereocenters. The van der Waals surface area contributed by atoms with E-state index < -0.39 is 17.6 Å². The first-order valence-electron chi connectivity index (χ1n) is 12.0. The number of benzene rings is 1. The molecule has 7 heteroatoms. The fourth-order valence-electron chi connectivity index (χ4n) is 3.72. The van der Waals surface area contributed by atoms with Gasteiger partial charge in [0, 0.05) is 31.1 Å². The molecule has 0 unspecified atom stereocenters. The lowest BCUT2D eigenvalue weighted by atomic mass is 10.1. The summed E-state index contributed by atoms with van der Waals surface area (Å²) < 4.78 is 15.7. The summed E-state index contributed by atoms with van der Waals surface area (Å²) in [5.74, 6) is 0.497. The topological polar surface area (TPSA) is 82.8 Å². The van der Waals surface area contributed by atoms with Crippen molar-refractivity contribution in [2.75, 3.05) is 5.75 Å². The highest BCUT2D eigenvalue weighted by atomic mass is 32.2. The smallest absolute Gasteiger partial charge is 0.336 e. The van der Waals surface area contributed by atoms with Gasteiger partial charge in [0.2, 0.25) is 5.75 Å². The number of thioether (sulfide) groups is 1. The molecule has 0 saturated heterocycles. The van der Waals surface area contributed by atoms with Crippen molar-refractivity contribution in [2.24, 2.45) is 0 Å². The number of rotatable bonds is 15. The molecule has 0 bridgehead atoms. The van der Waals surface area contributed by atoms with Crippen molar-refractivity contribution < 1.29 is 23.5 Å². The van der Waals surface area contributed by atoms with Gasteiger partial charge in [0.25, 0.3) is 0 Å². The maximum absolute atomic E-state index is 12.2. The summed E-state index contributed by atoms with van der Waals surface area (Å²) in [5.41, 5.74) is 0.387. The van der Waals surface area contributed by atoms with Crippen molar-refractivity contribution in [1.29, 1.82) is 0 Å². The van der Waals surface area contributed by atoms with E-state index in [9.17, 15) is 14.4 Å². The van der Waals surface area contributed by atoms with Crippen molar-refractivity contribution in [3.63, 3.8) is 0 Å². The monoisotopic (exact) mass is 476 g/mol. The van der Waals surface area contributed by atoms with Crippen molar-refractivity contribution >= 4 is 34.7 Å². The van der Waals surface area contributed by atoms with Crippen molar-refractivity contribution in [3.8, 4) is 11.5 Å². The van der Waals surface area contributed by atoms with Crippen LogP contribution in [0.3, 0.4) is 0 Å². The van der Waals surface area contributed by atoms with Crippen LogP contribution in [0.4, 0.5) is 0 Å². The van der Waals surface area contributed by atoms with Crippen LogP contribution in [-0.4, -0.2) is 17.7 Å². The zero-order valence-corrected chi connectivity index (χ0v) is 20.9. The summed E-state index contributed by atoms with van der Waals surface area (Å²) >= 11 is 1.77. The minimum atomic E-state index is -0.598. The number of fused-ring (bicyclic) bond motifs is 1. The van der Waals surface area contributed by atoms with E-state index in [1.807, 2.05) is 0 Å². The Morgan fingerprint density at radius 3 is 2.09 bits per heavy atom. The summed E-state index contributed by atoms with van der Waals surface area (Å²) in [4.78, 5) is 35.1. The lowest BCUT2D eigenvalue weighted by molar-refractivity contribution is -0.134. The van der Waals surface area contributed by atoms with E-state index in [2.05, 4.69) is 6.92 Å². The minimum absolute atomic E-state index is 0.0449. The number of ether oxygens (including phenoxy) is 2. The van der Waals surface area contributed by atoms with Crippen molar-refractivity contribution in [1.82, 2.24) is 0 Å². The fraction of sp³-hybridized carbons (Fsp3) is 0.577. The molecule has 0 spiro atoms. The predicted octanol–water partition coefficient (Wildman–Crippen LogP) is 6.80. The highest BCUT2D eigenvalue weighted by molar-refractivity contribution is 7.98. The van der Waals surface area contributed by atoms with Gasteiger partial charge in [0.15, 0.2) is 11.3 Å². The zero-order chi connectivity index (χ0) is 24.1. The highest BCUT2D eigenvalue weighted by Crippen LogP contribution is 2.37. The molecule has 2 rings (SSSR count). The summed E-state index contributed by atoms with van der Waals surface area (Å²) in [6.07, 6.45) is 13.0. The third-order valence-electron chi connectivity index (χ3n) is 5.32. The van der Waals surface area contributed by atoms with Gasteiger partial charge in [-0.2, -0.15) is 11.8 Å². The molecule has 0 saturated carbocycles. The van der Waals surface area contributed by atoms with Crippen LogP contribution in [0.15, 0.2) is 27.4 Å². The second kappa shape index (κ2) is 14.8. The first-order valence-corrected chi connectivity index (χ1v) is 13.1. The van der Waals surface area contributed by atoms with Gasteiger partial charge in [-0.25, -0.2) is 4.79 Å². The Hall–Kier alpha value is -2.28.